The first-order valence-corrected chi connectivity index (χ1v) is 5.24. The minimum Gasteiger partial charge on any atom is -0.490 e. The SMILES string of the molecule is COc1cc(OC2CC2)cc(I)n1. The van der Waals surface area contributed by atoms with E-state index in [4.69, 9.17) is 9.47 Å². The van der Waals surface area contributed by atoms with E-state index in [0.717, 1.165) is 9.45 Å². The molecule has 3 nitrogen and oxygen atoms in total. The van der Waals surface area contributed by atoms with E-state index >= 15 is 0 Å². The lowest BCUT2D eigenvalue weighted by Crippen LogP contribution is -1.98. The number of hydrogen-bond donors (Lipinski definition) is 0. The Kier molecular flexibility index (Phi) is 2.57. The van der Waals surface area contributed by atoms with Gasteiger partial charge in [0.1, 0.15) is 9.45 Å². The first-order chi connectivity index (χ1) is 6.28. The Labute approximate surface area is 90.6 Å². The summed E-state index contributed by atoms with van der Waals surface area (Å²) in [4.78, 5) is 4.16. The third-order valence-electron chi connectivity index (χ3n) is 1.78. The maximum absolute atomic E-state index is 5.62. The van der Waals surface area contributed by atoms with Crippen molar-refractivity contribution < 1.29 is 9.47 Å². The molecule has 1 aromatic heterocycles. The van der Waals surface area contributed by atoms with Gasteiger partial charge in [-0.1, -0.05) is 0 Å². The summed E-state index contributed by atoms with van der Waals surface area (Å²) in [7, 11) is 1.61. The molecule has 4 heteroatoms. The van der Waals surface area contributed by atoms with Gasteiger partial charge in [-0.15, -0.1) is 0 Å². The van der Waals surface area contributed by atoms with Crippen LogP contribution in [0.5, 0.6) is 11.6 Å². The molecule has 0 aromatic carbocycles. The highest BCUT2D eigenvalue weighted by molar-refractivity contribution is 14.1. The van der Waals surface area contributed by atoms with E-state index in [2.05, 4.69) is 27.6 Å². The Morgan fingerprint density at radius 3 is 2.85 bits per heavy atom. The smallest absolute Gasteiger partial charge is 0.217 e. The van der Waals surface area contributed by atoms with Gasteiger partial charge < -0.3 is 9.47 Å². The maximum Gasteiger partial charge on any atom is 0.217 e. The summed E-state index contributed by atoms with van der Waals surface area (Å²) in [6.07, 6.45) is 2.76. The van der Waals surface area contributed by atoms with Gasteiger partial charge in [-0.05, 0) is 35.4 Å². The molecule has 0 radical (unpaired) electrons. The first kappa shape index (κ1) is 9.05. The van der Waals surface area contributed by atoms with Crippen molar-refractivity contribution in [3.8, 4) is 11.6 Å². The van der Waals surface area contributed by atoms with Gasteiger partial charge in [0, 0.05) is 12.1 Å². The average Bonchev–Trinajstić information content (AvgIpc) is 2.87. The van der Waals surface area contributed by atoms with E-state index in [1.165, 1.54) is 12.8 Å². The van der Waals surface area contributed by atoms with Crippen molar-refractivity contribution in [1.82, 2.24) is 4.98 Å². The highest BCUT2D eigenvalue weighted by atomic mass is 127. The van der Waals surface area contributed by atoms with Gasteiger partial charge in [-0.2, -0.15) is 0 Å². The van der Waals surface area contributed by atoms with Crippen LogP contribution < -0.4 is 9.47 Å². The molecular weight excluding hydrogens is 281 g/mol. The van der Waals surface area contributed by atoms with Crippen molar-refractivity contribution in [1.29, 1.82) is 0 Å². The van der Waals surface area contributed by atoms with Crippen molar-refractivity contribution in [3.05, 3.63) is 15.8 Å². The van der Waals surface area contributed by atoms with Crippen molar-refractivity contribution in [2.24, 2.45) is 0 Å². The molecule has 0 spiro atoms. The summed E-state index contributed by atoms with van der Waals surface area (Å²) in [6.45, 7) is 0. The van der Waals surface area contributed by atoms with Gasteiger partial charge in [-0.25, -0.2) is 4.98 Å². The second-order valence-electron chi connectivity index (χ2n) is 2.99. The average molecular weight is 291 g/mol. The quantitative estimate of drug-likeness (QED) is 0.632. The normalized spacial score (nSPS) is 15.5. The number of rotatable bonds is 3. The van der Waals surface area contributed by atoms with Gasteiger partial charge in [0.15, 0.2) is 0 Å². The maximum atomic E-state index is 5.62. The molecule has 0 N–H and O–H groups in total. The van der Waals surface area contributed by atoms with E-state index in [1.807, 2.05) is 12.1 Å². The summed E-state index contributed by atoms with van der Waals surface area (Å²) < 4.78 is 11.6. The van der Waals surface area contributed by atoms with Crippen LogP contribution in [0.25, 0.3) is 0 Å². The molecule has 1 saturated carbocycles. The third kappa shape index (κ3) is 2.46. The minimum atomic E-state index is 0.419. The molecule has 1 aromatic rings. The van der Waals surface area contributed by atoms with E-state index in [-0.39, 0.29) is 0 Å². The summed E-state index contributed by atoms with van der Waals surface area (Å²) in [6, 6.07) is 3.74. The summed E-state index contributed by atoms with van der Waals surface area (Å²) in [5, 5.41) is 0. The van der Waals surface area contributed by atoms with Gasteiger partial charge >= 0.3 is 0 Å². The van der Waals surface area contributed by atoms with Crippen LogP contribution in [0.3, 0.4) is 0 Å². The highest BCUT2D eigenvalue weighted by Gasteiger charge is 2.23. The Balaban J connectivity index is 2.17. The topological polar surface area (TPSA) is 31.4 Å². The van der Waals surface area contributed by atoms with Gasteiger partial charge in [0.25, 0.3) is 0 Å². The fourth-order valence-electron chi connectivity index (χ4n) is 1.00. The molecule has 0 unspecified atom stereocenters. The highest BCUT2D eigenvalue weighted by Crippen LogP contribution is 2.28. The van der Waals surface area contributed by atoms with Crippen LogP contribution >= 0.6 is 22.6 Å². The molecule has 0 bridgehead atoms. The standard InChI is InChI=1S/C9H10INO2/c1-12-9-5-7(4-8(10)11-9)13-6-2-3-6/h4-6H,2-3H2,1H3. The number of nitrogens with zero attached hydrogens (tertiary/aromatic N) is 1. The molecule has 0 atom stereocenters. The van der Waals surface area contributed by atoms with Crippen molar-refractivity contribution >= 4 is 22.6 Å². The number of pyridine rings is 1. The molecule has 0 amide bonds. The van der Waals surface area contributed by atoms with Crippen LogP contribution in [0.4, 0.5) is 0 Å². The van der Waals surface area contributed by atoms with Crippen molar-refractivity contribution in [2.45, 2.75) is 18.9 Å². The molecule has 13 heavy (non-hydrogen) atoms. The van der Waals surface area contributed by atoms with E-state index < -0.39 is 0 Å². The Bertz CT molecular complexity index is 312. The van der Waals surface area contributed by atoms with Crippen LogP contribution in [0, 0.1) is 3.70 Å². The number of ether oxygens (including phenoxy) is 2. The molecule has 1 aliphatic carbocycles. The summed E-state index contributed by atoms with van der Waals surface area (Å²) >= 11 is 2.15. The molecule has 1 fully saturated rings. The fraction of sp³-hybridized carbons (Fsp3) is 0.444. The fourth-order valence-corrected chi connectivity index (χ4v) is 1.55. The zero-order valence-corrected chi connectivity index (χ0v) is 9.45. The Morgan fingerprint density at radius 1 is 1.46 bits per heavy atom. The van der Waals surface area contributed by atoms with Crippen LogP contribution in [0.2, 0.25) is 0 Å². The Hall–Kier alpha value is -0.520. The number of hydrogen-bond acceptors (Lipinski definition) is 3. The lowest BCUT2D eigenvalue weighted by Gasteiger charge is -2.06. The monoisotopic (exact) mass is 291 g/mol. The van der Waals surface area contributed by atoms with Crippen LogP contribution in [-0.2, 0) is 0 Å². The lowest BCUT2D eigenvalue weighted by atomic mass is 10.4. The molecular formula is C9H10INO2. The predicted molar refractivity (Wildman–Crippen MR) is 57.2 cm³/mol. The van der Waals surface area contributed by atoms with Gasteiger partial charge in [-0.3, -0.25) is 0 Å². The van der Waals surface area contributed by atoms with Crippen LogP contribution in [-0.4, -0.2) is 18.2 Å². The van der Waals surface area contributed by atoms with Gasteiger partial charge in [0.05, 0.1) is 13.2 Å². The third-order valence-corrected chi connectivity index (χ3v) is 2.33. The minimum absolute atomic E-state index is 0.419. The number of methoxy groups -OCH3 is 1. The number of aromatic nitrogens is 1. The molecule has 0 aliphatic heterocycles. The van der Waals surface area contributed by atoms with Crippen LogP contribution in [0.1, 0.15) is 12.8 Å². The van der Waals surface area contributed by atoms with Crippen molar-refractivity contribution in [3.63, 3.8) is 0 Å². The number of halogens is 1. The predicted octanol–water partition coefficient (Wildman–Crippen LogP) is 2.24. The first-order valence-electron chi connectivity index (χ1n) is 4.16. The molecule has 1 heterocycles. The van der Waals surface area contributed by atoms with E-state index in [0.29, 0.717) is 12.0 Å². The second kappa shape index (κ2) is 3.69. The molecule has 1 aliphatic rings. The summed E-state index contributed by atoms with van der Waals surface area (Å²) in [5.74, 6) is 1.47. The largest absolute Gasteiger partial charge is 0.490 e. The van der Waals surface area contributed by atoms with Crippen LogP contribution in [0.15, 0.2) is 12.1 Å². The molecule has 2 rings (SSSR count). The molecule has 70 valence electrons. The van der Waals surface area contributed by atoms with Gasteiger partial charge in [0.2, 0.25) is 5.88 Å². The summed E-state index contributed by atoms with van der Waals surface area (Å²) in [5.41, 5.74) is 0. The lowest BCUT2D eigenvalue weighted by molar-refractivity contribution is 0.299. The second-order valence-corrected chi connectivity index (χ2v) is 4.09. The van der Waals surface area contributed by atoms with Crippen molar-refractivity contribution in [2.75, 3.05) is 7.11 Å². The van der Waals surface area contributed by atoms with E-state index in [1.54, 1.807) is 7.11 Å². The van der Waals surface area contributed by atoms with E-state index in [9.17, 15) is 0 Å². The molecule has 0 saturated heterocycles. The zero-order valence-electron chi connectivity index (χ0n) is 7.29. The Morgan fingerprint density at radius 2 is 2.23 bits per heavy atom. The zero-order chi connectivity index (χ0) is 9.26.